The number of aromatic nitrogens is 1. The highest BCUT2D eigenvalue weighted by atomic mass is 15.3. The van der Waals surface area contributed by atoms with Gasteiger partial charge in [0.25, 0.3) is 0 Å². The lowest BCUT2D eigenvalue weighted by molar-refractivity contribution is 0.230. The van der Waals surface area contributed by atoms with Crippen LogP contribution < -0.4 is 4.90 Å². The van der Waals surface area contributed by atoms with Crippen LogP contribution in [0.2, 0.25) is 0 Å². The first kappa shape index (κ1) is 14.8. The Balaban J connectivity index is 1.70. The summed E-state index contributed by atoms with van der Waals surface area (Å²) in [5.74, 6) is 1.69. The highest BCUT2D eigenvalue weighted by molar-refractivity contribution is 5.41. The van der Waals surface area contributed by atoms with E-state index in [9.17, 15) is 0 Å². The topological polar surface area (TPSA) is 19.4 Å². The van der Waals surface area contributed by atoms with Crippen molar-refractivity contribution in [3.05, 3.63) is 23.9 Å². The maximum absolute atomic E-state index is 4.76. The van der Waals surface area contributed by atoms with Gasteiger partial charge in [-0.2, -0.15) is 0 Å². The summed E-state index contributed by atoms with van der Waals surface area (Å²) in [6, 6.07) is 5.26. The van der Waals surface area contributed by atoms with Gasteiger partial charge in [0, 0.05) is 31.9 Å². The molecule has 2 atom stereocenters. The van der Waals surface area contributed by atoms with Crippen molar-refractivity contribution in [3.8, 4) is 0 Å². The number of piperazine rings is 1. The molecular weight excluding hydrogens is 258 g/mol. The molecule has 1 aromatic rings. The van der Waals surface area contributed by atoms with Gasteiger partial charge < -0.3 is 4.90 Å². The van der Waals surface area contributed by atoms with Crippen LogP contribution in [-0.4, -0.2) is 42.1 Å². The van der Waals surface area contributed by atoms with Gasteiger partial charge in [0.15, 0.2) is 0 Å². The minimum absolute atomic E-state index is 0.290. The zero-order valence-electron chi connectivity index (χ0n) is 14.0. The van der Waals surface area contributed by atoms with Crippen molar-refractivity contribution in [2.45, 2.75) is 52.5 Å². The Kier molecular flexibility index (Phi) is 3.96. The van der Waals surface area contributed by atoms with Crippen LogP contribution >= 0.6 is 0 Å². The van der Waals surface area contributed by atoms with Crippen molar-refractivity contribution >= 4 is 5.82 Å². The normalized spacial score (nSPS) is 25.0. The largest absolute Gasteiger partial charge is 0.354 e. The summed E-state index contributed by atoms with van der Waals surface area (Å²) in [6.45, 7) is 14.0. The molecule has 0 aliphatic carbocycles. The van der Waals surface area contributed by atoms with Gasteiger partial charge in [0.05, 0.1) is 0 Å². The summed E-state index contributed by atoms with van der Waals surface area (Å²) in [7, 11) is 0. The first-order chi connectivity index (χ1) is 9.95. The highest BCUT2D eigenvalue weighted by Gasteiger charge is 2.31. The van der Waals surface area contributed by atoms with E-state index in [0.717, 1.165) is 24.9 Å². The fourth-order valence-corrected chi connectivity index (χ4v) is 3.54. The Hall–Kier alpha value is -1.09. The molecule has 0 bridgehead atoms. The van der Waals surface area contributed by atoms with Crippen molar-refractivity contribution in [2.24, 2.45) is 5.41 Å². The van der Waals surface area contributed by atoms with Crippen LogP contribution in [0.15, 0.2) is 18.3 Å². The summed E-state index contributed by atoms with van der Waals surface area (Å²) >= 11 is 0. The Morgan fingerprint density at radius 3 is 2.67 bits per heavy atom. The first-order valence-corrected chi connectivity index (χ1v) is 8.40. The van der Waals surface area contributed by atoms with Gasteiger partial charge in [-0.05, 0) is 42.3 Å². The third-order valence-corrected chi connectivity index (χ3v) is 5.48. The number of fused-ring (bicyclic) bond motifs is 1. The van der Waals surface area contributed by atoms with E-state index >= 15 is 0 Å². The molecule has 0 radical (unpaired) electrons. The van der Waals surface area contributed by atoms with Crippen molar-refractivity contribution < 1.29 is 0 Å². The third kappa shape index (κ3) is 3.08. The van der Waals surface area contributed by atoms with E-state index < -0.39 is 0 Å². The number of pyridine rings is 1. The summed E-state index contributed by atoms with van der Waals surface area (Å²) < 4.78 is 0. The Morgan fingerprint density at radius 2 is 2.00 bits per heavy atom. The van der Waals surface area contributed by atoms with Crippen molar-refractivity contribution in [1.82, 2.24) is 9.88 Å². The predicted octanol–water partition coefficient (Wildman–Crippen LogP) is 3.52. The molecule has 0 N–H and O–H groups in total. The lowest BCUT2D eigenvalue weighted by atomic mass is 9.78. The van der Waals surface area contributed by atoms with E-state index in [2.05, 4.69) is 55.8 Å². The van der Waals surface area contributed by atoms with Crippen LogP contribution in [0.25, 0.3) is 0 Å². The van der Waals surface area contributed by atoms with Crippen LogP contribution in [0, 0.1) is 5.41 Å². The molecule has 0 unspecified atom stereocenters. The molecule has 3 rings (SSSR count). The molecule has 2 aliphatic rings. The fourth-order valence-electron chi connectivity index (χ4n) is 3.54. The van der Waals surface area contributed by atoms with Gasteiger partial charge in [-0.25, -0.2) is 4.98 Å². The van der Waals surface area contributed by atoms with Crippen molar-refractivity contribution in [1.29, 1.82) is 0 Å². The number of hydrogen-bond acceptors (Lipinski definition) is 3. The zero-order valence-corrected chi connectivity index (χ0v) is 14.0. The minimum atomic E-state index is 0.290. The molecule has 0 saturated carbocycles. The van der Waals surface area contributed by atoms with E-state index in [4.69, 9.17) is 4.98 Å². The molecule has 21 heavy (non-hydrogen) atoms. The second-order valence-corrected chi connectivity index (χ2v) is 7.82. The van der Waals surface area contributed by atoms with Crippen molar-refractivity contribution in [3.63, 3.8) is 0 Å². The highest BCUT2D eigenvalue weighted by Crippen LogP contribution is 2.34. The Morgan fingerprint density at radius 1 is 1.19 bits per heavy atom. The van der Waals surface area contributed by atoms with Crippen LogP contribution in [0.1, 0.15) is 52.0 Å². The Labute approximate surface area is 129 Å². The monoisotopic (exact) mass is 287 g/mol. The van der Waals surface area contributed by atoms with E-state index in [1.807, 2.05) is 0 Å². The molecule has 116 valence electrons. The lowest BCUT2D eigenvalue weighted by Gasteiger charge is -2.38. The Bertz CT molecular complexity index is 474. The molecule has 3 heteroatoms. The molecule has 2 saturated heterocycles. The fraction of sp³-hybridized carbons (Fsp3) is 0.722. The summed E-state index contributed by atoms with van der Waals surface area (Å²) in [4.78, 5) is 9.87. The first-order valence-electron chi connectivity index (χ1n) is 8.40. The number of rotatable bonds is 2. The standard InChI is InChI=1S/C18H29N3/c1-14(18(2,3)4)15-7-8-17(19-12-15)21-11-10-20-9-5-6-16(20)13-21/h7-8,12,14,16H,5-6,9-11,13H2,1-4H3/t14-,16-/m1/s1. The molecule has 3 heterocycles. The maximum Gasteiger partial charge on any atom is 0.128 e. The van der Waals surface area contributed by atoms with E-state index in [1.54, 1.807) is 0 Å². The third-order valence-electron chi connectivity index (χ3n) is 5.48. The molecule has 0 aromatic carbocycles. The lowest BCUT2D eigenvalue weighted by Crippen LogP contribution is -2.50. The van der Waals surface area contributed by atoms with Crippen LogP contribution in [-0.2, 0) is 0 Å². The van der Waals surface area contributed by atoms with E-state index in [-0.39, 0.29) is 0 Å². The summed E-state index contributed by atoms with van der Waals surface area (Å²) in [5.41, 5.74) is 1.64. The summed E-state index contributed by atoms with van der Waals surface area (Å²) in [5, 5.41) is 0. The van der Waals surface area contributed by atoms with Crippen LogP contribution in [0.5, 0.6) is 0 Å². The maximum atomic E-state index is 4.76. The SMILES string of the molecule is C[C@H](c1ccc(N2CCN3CCC[C@@H]3C2)nc1)C(C)(C)C. The zero-order chi connectivity index (χ0) is 15.0. The number of nitrogens with zero attached hydrogens (tertiary/aromatic N) is 3. The molecule has 2 aliphatic heterocycles. The molecule has 3 nitrogen and oxygen atoms in total. The van der Waals surface area contributed by atoms with Gasteiger partial charge in [0.2, 0.25) is 0 Å². The second kappa shape index (κ2) is 5.60. The van der Waals surface area contributed by atoms with E-state index in [0.29, 0.717) is 11.3 Å². The second-order valence-electron chi connectivity index (χ2n) is 7.82. The van der Waals surface area contributed by atoms with Gasteiger partial charge in [-0.15, -0.1) is 0 Å². The van der Waals surface area contributed by atoms with Gasteiger partial charge in [-0.1, -0.05) is 33.8 Å². The molecule has 2 fully saturated rings. The molecular formula is C18H29N3. The van der Waals surface area contributed by atoms with E-state index in [1.165, 1.54) is 31.5 Å². The van der Waals surface area contributed by atoms with Crippen LogP contribution in [0.4, 0.5) is 5.82 Å². The average molecular weight is 287 g/mol. The summed E-state index contributed by atoms with van der Waals surface area (Å²) in [6.07, 6.45) is 4.82. The quantitative estimate of drug-likeness (QED) is 0.829. The number of anilines is 1. The molecule has 1 aromatic heterocycles. The molecule has 0 spiro atoms. The predicted molar refractivity (Wildman–Crippen MR) is 88.9 cm³/mol. The van der Waals surface area contributed by atoms with Crippen LogP contribution in [0.3, 0.4) is 0 Å². The smallest absolute Gasteiger partial charge is 0.128 e. The van der Waals surface area contributed by atoms with Gasteiger partial charge in [-0.3, -0.25) is 4.90 Å². The average Bonchev–Trinajstić information content (AvgIpc) is 2.93. The number of hydrogen-bond donors (Lipinski definition) is 0. The minimum Gasteiger partial charge on any atom is -0.354 e. The van der Waals surface area contributed by atoms with Crippen molar-refractivity contribution in [2.75, 3.05) is 31.1 Å². The molecule has 0 amide bonds. The van der Waals surface area contributed by atoms with Gasteiger partial charge >= 0.3 is 0 Å². The van der Waals surface area contributed by atoms with Gasteiger partial charge in [0.1, 0.15) is 5.82 Å².